The summed E-state index contributed by atoms with van der Waals surface area (Å²) in [6.07, 6.45) is -7.09. The lowest BCUT2D eigenvalue weighted by molar-refractivity contribution is -0.366. The van der Waals surface area contributed by atoms with Crippen LogP contribution in [0.5, 0.6) is 0 Å². The maximum absolute atomic E-state index is 12.3. The molecule has 2 aliphatic heterocycles. The van der Waals surface area contributed by atoms with Gasteiger partial charge in [-0.1, -0.05) is 191 Å². The Morgan fingerprint density at radius 2 is 0.875 bits per heavy atom. The summed E-state index contributed by atoms with van der Waals surface area (Å²) in [5.41, 5.74) is 2.95. The Bertz CT molecular complexity index is 1930. The minimum absolute atomic E-state index is 0.0469. The first kappa shape index (κ1) is 47.6. The van der Waals surface area contributed by atoms with Gasteiger partial charge in [0.1, 0.15) is 54.4 Å². The van der Waals surface area contributed by atoms with Crippen molar-refractivity contribution >= 4 is 0 Å². The van der Waals surface area contributed by atoms with E-state index in [-0.39, 0.29) is 26.4 Å². The fraction of sp³-hybridized carbons (Fsp3) is 0.434. The third-order valence-electron chi connectivity index (χ3n) is 12.0. The number of hydrogen-bond acceptors (Lipinski definition) is 11. The first-order chi connectivity index (χ1) is 31.4. The minimum Gasteiger partial charge on any atom is -0.387 e. The number of aliphatic hydroxyl groups excluding tert-OH is 4. The summed E-state index contributed by atoms with van der Waals surface area (Å²) >= 11 is 0. The highest BCUT2D eigenvalue weighted by atomic mass is 16.7. The number of benzene rings is 5. The highest BCUT2D eigenvalue weighted by Crippen LogP contribution is 2.44. The number of hydrogen-bond donors (Lipinski definition) is 4. The second-order valence-electron chi connectivity index (χ2n) is 16.7. The van der Waals surface area contributed by atoms with Crippen LogP contribution in [0.3, 0.4) is 0 Å². The SMILES string of the molecule is CCCCCCCCO[C@H]1O[C@H](COCc2ccccc2)[C@@H](O[C@H]2O[C@H](COCc3ccccc3)[C@@H](OC(c3ccccc3)(c3ccccc3)c3ccccc3)[C@H](O)[C@@H]2O)[C@H](O)[C@@H]1O. The molecule has 0 saturated carbocycles. The smallest absolute Gasteiger partial charge is 0.187 e. The maximum Gasteiger partial charge on any atom is 0.187 e. The molecule has 11 nitrogen and oxygen atoms in total. The molecule has 0 radical (unpaired) electrons. The molecule has 5 aromatic carbocycles. The van der Waals surface area contributed by atoms with Gasteiger partial charge in [-0.2, -0.15) is 0 Å². The van der Waals surface area contributed by atoms with Crippen LogP contribution >= 0.6 is 0 Å². The standard InChI is InChI=1S/C53H64O11/c1-2-3-4-5-6-22-33-60-51-47(56)45(54)49(43(61-51)36-58-34-38-23-12-7-13-24-38)63-52-48(57)46(55)50(44(62-52)37-59-35-39-25-14-8-15-26-39)64-53(40-27-16-9-17-28-40,41-29-18-10-19-30-41)42-31-20-11-21-32-42/h7-21,23-32,43-52,54-57H,2-6,22,33-37H2,1H3/t43-,44-,45-,46-,47+,48+,49-,50-,51+,52-/m1/s1. The van der Waals surface area contributed by atoms with E-state index in [0.717, 1.165) is 59.9 Å². The van der Waals surface area contributed by atoms with E-state index in [1.54, 1.807) is 0 Å². The average molecular weight is 877 g/mol. The van der Waals surface area contributed by atoms with Gasteiger partial charge in [-0.05, 0) is 34.2 Å². The van der Waals surface area contributed by atoms with Crippen molar-refractivity contribution in [3.63, 3.8) is 0 Å². The molecule has 2 heterocycles. The Morgan fingerprint density at radius 3 is 1.38 bits per heavy atom. The van der Waals surface area contributed by atoms with Gasteiger partial charge >= 0.3 is 0 Å². The monoisotopic (exact) mass is 876 g/mol. The van der Waals surface area contributed by atoms with Crippen molar-refractivity contribution in [2.45, 2.75) is 126 Å². The summed E-state index contributed by atoms with van der Waals surface area (Å²) in [6, 6.07) is 48.5. The number of unbranched alkanes of at least 4 members (excludes halogenated alkanes) is 5. The molecule has 0 bridgehead atoms. The first-order valence-corrected chi connectivity index (χ1v) is 22.8. The zero-order valence-electron chi connectivity index (χ0n) is 36.6. The quantitative estimate of drug-likeness (QED) is 0.0384. The fourth-order valence-electron chi connectivity index (χ4n) is 8.54. The predicted octanol–water partition coefficient (Wildman–Crippen LogP) is 7.45. The van der Waals surface area contributed by atoms with Gasteiger partial charge in [-0.25, -0.2) is 0 Å². The zero-order chi connectivity index (χ0) is 44.6. The van der Waals surface area contributed by atoms with E-state index in [0.29, 0.717) is 6.61 Å². The predicted molar refractivity (Wildman–Crippen MR) is 242 cm³/mol. The topological polar surface area (TPSA) is 146 Å². The molecule has 0 aromatic heterocycles. The van der Waals surface area contributed by atoms with Crippen LogP contribution in [0.2, 0.25) is 0 Å². The van der Waals surface area contributed by atoms with Crippen molar-refractivity contribution < 1.29 is 53.6 Å². The van der Waals surface area contributed by atoms with E-state index in [9.17, 15) is 20.4 Å². The maximum atomic E-state index is 12.3. The minimum atomic E-state index is -1.69. The summed E-state index contributed by atoms with van der Waals surface area (Å²) in [5.74, 6) is 0. The lowest BCUT2D eigenvalue weighted by Gasteiger charge is -2.49. The third kappa shape index (κ3) is 12.1. The van der Waals surface area contributed by atoms with Gasteiger partial charge in [0.2, 0.25) is 0 Å². The number of rotatable bonds is 23. The number of ether oxygens (including phenoxy) is 7. The second-order valence-corrected chi connectivity index (χ2v) is 16.7. The molecule has 0 unspecified atom stereocenters. The van der Waals surface area contributed by atoms with Gasteiger partial charge in [0.25, 0.3) is 0 Å². The van der Waals surface area contributed by atoms with Gasteiger partial charge in [-0.15, -0.1) is 0 Å². The van der Waals surface area contributed by atoms with E-state index in [4.69, 9.17) is 33.2 Å². The Hall–Kier alpha value is -4.34. The van der Waals surface area contributed by atoms with Gasteiger partial charge in [-0.3, -0.25) is 0 Å². The lowest BCUT2D eigenvalue weighted by Crippen LogP contribution is -2.65. The third-order valence-corrected chi connectivity index (χ3v) is 12.0. The van der Waals surface area contributed by atoms with Crippen LogP contribution in [-0.4, -0.2) is 102 Å². The molecular formula is C53H64O11. The van der Waals surface area contributed by atoms with Crippen molar-refractivity contribution in [2.24, 2.45) is 0 Å². The van der Waals surface area contributed by atoms with Gasteiger partial charge < -0.3 is 53.6 Å². The summed E-state index contributed by atoms with van der Waals surface area (Å²) in [7, 11) is 0. The molecule has 7 rings (SSSR count). The van der Waals surface area contributed by atoms with Crippen LogP contribution in [0.25, 0.3) is 0 Å². The average Bonchev–Trinajstić information content (AvgIpc) is 3.34. The lowest BCUT2D eigenvalue weighted by atomic mass is 9.79. The Kier molecular flexibility index (Phi) is 18.1. The molecule has 2 aliphatic rings. The molecule has 0 aliphatic carbocycles. The molecule has 0 spiro atoms. The Balaban J connectivity index is 1.16. The van der Waals surface area contributed by atoms with Crippen LogP contribution in [0, 0.1) is 0 Å². The van der Waals surface area contributed by atoms with Crippen molar-refractivity contribution in [1.29, 1.82) is 0 Å². The molecule has 11 heteroatoms. The highest BCUT2D eigenvalue weighted by Gasteiger charge is 2.54. The van der Waals surface area contributed by atoms with Gasteiger partial charge in [0.15, 0.2) is 12.6 Å². The molecule has 64 heavy (non-hydrogen) atoms. The van der Waals surface area contributed by atoms with E-state index in [2.05, 4.69) is 6.92 Å². The molecule has 10 atom stereocenters. The van der Waals surface area contributed by atoms with Crippen LogP contribution in [0.1, 0.15) is 73.3 Å². The molecule has 0 amide bonds. The molecule has 342 valence electrons. The van der Waals surface area contributed by atoms with Crippen molar-refractivity contribution in [3.8, 4) is 0 Å². The summed E-state index contributed by atoms with van der Waals surface area (Å²) in [6.45, 7) is 2.89. The highest BCUT2D eigenvalue weighted by molar-refractivity contribution is 5.47. The molecule has 4 N–H and O–H groups in total. The van der Waals surface area contributed by atoms with E-state index < -0.39 is 67.0 Å². The van der Waals surface area contributed by atoms with Crippen LogP contribution in [0.15, 0.2) is 152 Å². The van der Waals surface area contributed by atoms with Gasteiger partial charge in [0.05, 0.1) is 26.4 Å². The van der Waals surface area contributed by atoms with Crippen LogP contribution < -0.4 is 0 Å². The summed E-state index contributed by atoms with van der Waals surface area (Å²) in [4.78, 5) is 0. The Morgan fingerprint density at radius 1 is 0.469 bits per heavy atom. The zero-order valence-corrected chi connectivity index (χ0v) is 36.6. The molecule has 2 saturated heterocycles. The van der Waals surface area contributed by atoms with Crippen molar-refractivity contribution in [1.82, 2.24) is 0 Å². The second kappa shape index (κ2) is 24.3. The van der Waals surface area contributed by atoms with E-state index in [1.807, 2.05) is 152 Å². The Labute approximate surface area is 377 Å². The summed E-state index contributed by atoms with van der Waals surface area (Å²) < 4.78 is 45.1. The van der Waals surface area contributed by atoms with E-state index >= 15 is 0 Å². The van der Waals surface area contributed by atoms with Gasteiger partial charge in [0, 0.05) is 6.61 Å². The van der Waals surface area contributed by atoms with Crippen molar-refractivity contribution in [3.05, 3.63) is 179 Å². The normalized spacial score (nSPS) is 26.1. The number of aliphatic hydroxyl groups is 4. The molecular weight excluding hydrogens is 813 g/mol. The molecule has 5 aromatic rings. The summed E-state index contributed by atoms with van der Waals surface area (Å²) in [5, 5.41) is 47.5. The largest absolute Gasteiger partial charge is 0.387 e. The van der Waals surface area contributed by atoms with Crippen LogP contribution in [-0.2, 0) is 52.0 Å². The van der Waals surface area contributed by atoms with Crippen molar-refractivity contribution in [2.75, 3.05) is 19.8 Å². The first-order valence-electron chi connectivity index (χ1n) is 22.8. The van der Waals surface area contributed by atoms with E-state index in [1.165, 1.54) is 6.42 Å². The fourth-order valence-corrected chi connectivity index (χ4v) is 8.54. The molecule has 2 fully saturated rings. The van der Waals surface area contributed by atoms with Crippen LogP contribution in [0.4, 0.5) is 0 Å².